The molecule has 0 aromatic carbocycles. The summed E-state index contributed by atoms with van der Waals surface area (Å²) >= 11 is 0. The Morgan fingerprint density at radius 3 is 3.08 bits per heavy atom. The van der Waals surface area contributed by atoms with Crippen molar-refractivity contribution in [1.29, 1.82) is 0 Å². The fourth-order valence-electron chi connectivity index (χ4n) is 2.88. The molecule has 0 bridgehead atoms. The van der Waals surface area contributed by atoms with Crippen molar-refractivity contribution in [3.8, 4) is 0 Å². The lowest BCUT2D eigenvalue weighted by Gasteiger charge is -2.41. The van der Waals surface area contributed by atoms with Crippen molar-refractivity contribution in [2.24, 2.45) is 0 Å². The molecular formula is C18H23N3O4. The topological polar surface area (TPSA) is 80.8 Å². The predicted molar refractivity (Wildman–Crippen MR) is 92.5 cm³/mol. The summed E-state index contributed by atoms with van der Waals surface area (Å²) in [5.41, 5.74) is 1.83. The van der Waals surface area contributed by atoms with E-state index < -0.39 is 0 Å². The Kier molecular flexibility index (Phi) is 5.45. The lowest BCUT2D eigenvalue weighted by molar-refractivity contribution is -0.223. The lowest BCUT2D eigenvalue weighted by Crippen LogP contribution is -2.53. The summed E-state index contributed by atoms with van der Waals surface area (Å²) in [6, 6.07) is 1.95. The number of rotatable bonds is 6. The van der Waals surface area contributed by atoms with Gasteiger partial charge in [-0.05, 0) is 43.5 Å². The zero-order valence-electron chi connectivity index (χ0n) is 14.5. The highest BCUT2D eigenvalue weighted by Crippen LogP contribution is 2.23. The summed E-state index contributed by atoms with van der Waals surface area (Å²) in [6.07, 6.45) is 6.32. The van der Waals surface area contributed by atoms with Crippen LogP contribution in [0.25, 0.3) is 6.08 Å². The molecule has 1 aromatic heterocycles. The number of fused-ring (bicyclic) bond motifs is 1. The van der Waals surface area contributed by atoms with Gasteiger partial charge < -0.3 is 19.7 Å². The van der Waals surface area contributed by atoms with Crippen LogP contribution in [-0.2, 0) is 25.5 Å². The molecule has 2 amide bonds. The molecule has 0 saturated carbocycles. The van der Waals surface area contributed by atoms with E-state index in [4.69, 9.17) is 9.47 Å². The average Bonchev–Trinajstić information content (AvgIpc) is 2.57. The minimum absolute atomic E-state index is 0.0106. The van der Waals surface area contributed by atoms with E-state index in [1.54, 1.807) is 17.2 Å². The third-order valence-corrected chi connectivity index (χ3v) is 4.28. The van der Waals surface area contributed by atoms with Gasteiger partial charge in [0.15, 0.2) is 6.29 Å². The van der Waals surface area contributed by atoms with Crippen LogP contribution in [0.2, 0.25) is 0 Å². The molecule has 1 fully saturated rings. The Morgan fingerprint density at radius 1 is 1.52 bits per heavy atom. The molecule has 1 N–H and O–H groups in total. The summed E-state index contributed by atoms with van der Waals surface area (Å²) in [4.78, 5) is 29.6. The van der Waals surface area contributed by atoms with Crippen molar-refractivity contribution in [3.63, 3.8) is 0 Å². The van der Waals surface area contributed by atoms with Crippen molar-refractivity contribution in [3.05, 3.63) is 29.5 Å². The number of aryl methyl sites for hydroxylation is 1. The van der Waals surface area contributed by atoms with E-state index in [0.29, 0.717) is 31.8 Å². The maximum Gasteiger partial charge on any atom is 0.248 e. The van der Waals surface area contributed by atoms with Gasteiger partial charge in [-0.1, -0.05) is 0 Å². The second-order valence-corrected chi connectivity index (χ2v) is 6.09. The first-order valence-electron chi connectivity index (χ1n) is 8.61. The van der Waals surface area contributed by atoms with Crippen molar-refractivity contribution >= 4 is 23.7 Å². The molecule has 1 saturated heterocycles. The van der Waals surface area contributed by atoms with Gasteiger partial charge in [0.1, 0.15) is 12.0 Å². The summed E-state index contributed by atoms with van der Waals surface area (Å²) < 4.78 is 11.0. The number of amides is 2. The molecular weight excluding hydrogens is 322 g/mol. The van der Waals surface area contributed by atoms with Crippen LogP contribution in [0.5, 0.6) is 0 Å². The molecule has 2 aliphatic rings. The van der Waals surface area contributed by atoms with E-state index in [-0.39, 0.29) is 24.3 Å². The van der Waals surface area contributed by atoms with Crippen LogP contribution in [0.3, 0.4) is 0 Å². The minimum Gasteiger partial charge on any atom is -0.353 e. The van der Waals surface area contributed by atoms with Crippen LogP contribution in [0.1, 0.15) is 37.8 Å². The minimum atomic E-state index is -0.324. The molecule has 0 aliphatic carbocycles. The first-order chi connectivity index (χ1) is 12.1. The number of nitrogens with zero attached hydrogens (tertiary/aromatic N) is 2. The SMILES string of the molecule is CCOC(C)OC1CCN1C(=O)C=Cc1cnc2c(c1)CCC(=O)N2. The van der Waals surface area contributed by atoms with Gasteiger partial charge in [-0.2, -0.15) is 0 Å². The van der Waals surface area contributed by atoms with E-state index >= 15 is 0 Å². The number of anilines is 1. The number of pyridine rings is 1. The summed E-state index contributed by atoms with van der Waals surface area (Å²) in [6.45, 7) is 5.00. The van der Waals surface area contributed by atoms with Crippen LogP contribution in [0.15, 0.2) is 18.3 Å². The highest BCUT2D eigenvalue weighted by Gasteiger charge is 2.33. The molecule has 2 unspecified atom stereocenters. The zero-order chi connectivity index (χ0) is 17.8. The molecule has 0 spiro atoms. The van der Waals surface area contributed by atoms with Crippen LogP contribution < -0.4 is 5.32 Å². The average molecular weight is 345 g/mol. The first-order valence-corrected chi connectivity index (χ1v) is 8.61. The van der Waals surface area contributed by atoms with Crippen LogP contribution in [-0.4, -0.2) is 47.4 Å². The normalized spacial score (nSPS) is 20.8. The molecule has 0 radical (unpaired) electrons. The van der Waals surface area contributed by atoms with E-state index in [0.717, 1.165) is 17.5 Å². The van der Waals surface area contributed by atoms with Crippen LogP contribution >= 0.6 is 0 Å². The molecule has 1 aromatic rings. The van der Waals surface area contributed by atoms with E-state index in [1.165, 1.54) is 6.08 Å². The Morgan fingerprint density at radius 2 is 2.36 bits per heavy atom. The summed E-state index contributed by atoms with van der Waals surface area (Å²) in [7, 11) is 0. The lowest BCUT2D eigenvalue weighted by atomic mass is 10.0. The Balaban J connectivity index is 1.58. The molecule has 7 heteroatoms. The number of hydrogen-bond acceptors (Lipinski definition) is 5. The molecule has 7 nitrogen and oxygen atoms in total. The number of carbonyl (C=O) groups excluding carboxylic acids is 2. The zero-order valence-corrected chi connectivity index (χ0v) is 14.5. The molecule has 134 valence electrons. The quantitative estimate of drug-likeness (QED) is 0.629. The number of aromatic nitrogens is 1. The molecule has 3 heterocycles. The molecule has 2 aliphatic heterocycles. The van der Waals surface area contributed by atoms with Crippen molar-refractivity contribution in [2.45, 2.75) is 45.6 Å². The van der Waals surface area contributed by atoms with E-state index in [2.05, 4.69) is 10.3 Å². The summed E-state index contributed by atoms with van der Waals surface area (Å²) in [5.74, 6) is 0.510. The highest BCUT2D eigenvalue weighted by molar-refractivity contribution is 5.94. The molecule has 3 rings (SSSR count). The van der Waals surface area contributed by atoms with Gasteiger partial charge in [-0.15, -0.1) is 0 Å². The van der Waals surface area contributed by atoms with Gasteiger partial charge in [0.25, 0.3) is 0 Å². The Labute approximate surface area is 147 Å². The molecule has 2 atom stereocenters. The predicted octanol–water partition coefficient (Wildman–Crippen LogP) is 1.94. The van der Waals surface area contributed by atoms with Gasteiger partial charge in [-0.3, -0.25) is 9.59 Å². The van der Waals surface area contributed by atoms with E-state index in [1.807, 2.05) is 19.9 Å². The Hall–Kier alpha value is -2.25. The standard InChI is InChI=1S/C18H23N3O4/c1-3-24-12(2)25-17-8-9-21(17)16(23)7-4-13-10-14-5-6-15(22)20-18(14)19-11-13/h4,7,10-12,17H,3,5-6,8-9H2,1-2H3,(H,19,20,22). The second-order valence-electron chi connectivity index (χ2n) is 6.09. The van der Waals surface area contributed by atoms with Gasteiger partial charge in [-0.25, -0.2) is 4.98 Å². The monoisotopic (exact) mass is 345 g/mol. The fourth-order valence-corrected chi connectivity index (χ4v) is 2.88. The summed E-state index contributed by atoms with van der Waals surface area (Å²) in [5, 5.41) is 2.75. The van der Waals surface area contributed by atoms with Gasteiger partial charge >= 0.3 is 0 Å². The van der Waals surface area contributed by atoms with Crippen LogP contribution in [0.4, 0.5) is 5.82 Å². The molecule has 25 heavy (non-hydrogen) atoms. The van der Waals surface area contributed by atoms with Gasteiger partial charge in [0, 0.05) is 38.3 Å². The van der Waals surface area contributed by atoms with Crippen molar-refractivity contribution in [1.82, 2.24) is 9.88 Å². The number of nitrogens with one attached hydrogen (secondary N) is 1. The number of carbonyl (C=O) groups is 2. The van der Waals surface area contributed by atoms with Crippen LogP contribution in [0, 0.1) is 0 Å². The largest absolute Gasteiger partial charge is 0.353 e. The van der Waals surface area contributed by atoms with E-state index in [9.17, 15) is 9.59 Å². The number of ether oxygens (including phenoxy) is 2. The maximum atomic E-state index is 12.3. The number of likely N-dealkylation sites (tertiary alicyclic amines) is 1. The second kappa shape index (κ2) is 7.76. The Bertz CT molecular complexity index is 689. The van der Waals surface area contributed by atoms with Gasteiger partial charge in [0.05, 0.1) is 0 Å². The van der Waals surface area contributed by atoms with Crippen molar-refractivity contribution in [2.75, 3.05) is 18.5 Å². The fraction of sp³-hybridized carbons (Fsp3) is 0.500. The van der Waals surface area contributed by atoms with Crippen molar-refractivity contribution < 1.29 is 19.1 Å². The first kappa shape index (κ1) is 17.6. The third-order valence-electron chi connectivity index (χ3n) is 4.28. The number of hydrogen-bond donors (Lipinski definition) is 1. The maximum absolute atomic E-state index is 12.3. The third kappa shape index (κ3) is 4.24. The smallest absolute Gasteiger partial charge is 0.248 e. The highest BCUT2D eigenvalue weighted by atomic mass is 16.7. The van der Waals surface area contributed by atoms with Gasteiger partial charge in [0.2, 0.25) is 11.8 Å².